The van der Waals surface area contributed by atoms with E-state index in [4.69, 9.17) is 10.3 Å². The minimum atomic E-state index is -0.432. The van der Waals surface area contributed by atoms with Gasteiger partial charge in [-0.15, -0.1) is 0 Å². The van der Waals surface area contributed by atoms with Crippen LogP contribution < -0.4 is 17.0 Å². The van der Waals surface area contributed by atoms with E-state index in [1.807, 2.05) is 25.1 Å². The van der Waals surface area contributed by atoms with Crippen LogP contribution >= 0.6 is 0 Å². The number of anilines is 1. The van der Waals surface area contributed by atoms with Gasteiger partial charge in [0.05, 0.1) is 12.1 Å². The number of hydrogen-bond donors (Lipinski definition) is 2. The number of nitrogen functional groups attached to an aromatic ring is 1. The van der Waals surface area contributed by atoms with E-state index in [0.717, 1.165) is 5.69 Å². The Balaban J connectivity index is 2.07. The number of benzene rings is 1. The summed E-state index contributed by atoms with van der Waals surface area (Å²) in [6.45, 7) is 2.06. The van der Waals surface area contributed by atoms with Crippen LogP contribution in [0.1, 0.15) is 11.5 Å². The van der Waals surface area contributed by atoms with Crippen LogP contribution in [0.5, 0.6) is 0 Å². The van der Waals surface area contributed by atoms with E-state index in [1.54, 1.807) is 12.1 Å². The van der Waals surface area contributed by atoms with Gasteiger partial charge in [0.1, 0.15) is 5.82 Å². The molecule has 3 aromatic rings. The van der Waals surface area contributed by atoms with Crippen LogP contribution in [0.15, 0.2) is 39.5 Å². The topological polar surface area (TPSA) is 99.0 Å². The molecule has 0 atom stereocenters. The summed E-state index contributed by atoms with van der Waals surface area (Å²) in [4.78, 5) is 20.4. The van der Waals surface area contributed by atoms with Crippen molar-refractivity contribution in [1.29, 1.82) is 0 Å². The Morgan fingerprint density at radius 3 is 2.95 bits per heavy atom. The molecule has 2 heterocycles. The zero-order chi connectivity index (χ0) is 14.1. The average molecular weight is 271 g/mol. The number of hydrazine groups is 1. The number of aryl methyl sites for hydroxylation is 1. The highest BCUT2D eigenvalue weighted by atomic mass is 16.4. The van der Waals surface area contributed by atoms with Crippen LogP contribution in [-0.2, 0) is 6.54 Å². The molecule has 7 nitrogen and oxygen atoms in total. The van der Waals surface area contributed by atoms with Crippen LogP contribution in [0.3, 0.4) is 0 Å². The molecule has 1 aromatic carbocycles. The minimum Gasteiger partial charge on any atom is -0.408 e. The summed E-state index contributed by atoms with van der Waals surface area (Å²) in [6, 6.07) is 8.95. The third-order valence-corrected chi connectivity index (χ3v) is 2.92. The molecule has 0 aliphatic rings. The standard InChI is InChI=1S/C13H13N5O2/c1-8-6-11(17-14)16-12(15-8)7-18-9-4-2-3-5-10(9)20-13(18)19/h2-6H,7,14H2,1H3,(H,15,16,17). The number of para-hydroxylation sites is 2. The van der Waals surface area contributed by atoms with E-state index in [1.165, 1.54) is 4.57 Å². The van der Waals surface area contributed by atoms with Crippen LogP contribution in [0.2, 0.25) is 0 Å². The Kier molecular flexibility index (Phi) is 2.96. The SMILES string of the molecule is Cc1cc(NN)nc(Cn2c(=O)oc3ccccc32)n1. The largest absolute Gasteiger partial charge is 0.420 e. The molecule has 2 aromatic heterocycles. The average Bonchev–Trinajstić information content (AvgIpc) is 2.75. The lowest BCUT2D eigenvalue weighted by Gasteiger charge is -2.05. The molecule has 0 saturated heterocycles. The van der Waals surface area contributed by atoms with Crippen molar-refractivity contribution in [2.75, 3.05) is 5.43 Å². The molecular formula is C13H13N5O2. The smallest absolute Gasteiger partial charge is 0.408 e. The lowest BCUT2D eigenvalue weighted by atomic mass is 10.3. The van der Waals surface area contributed by atoms with Gasteiger partial charge in [-0.3, -0.25) is 4.57 Å². The first kappa shape index (κ1) is 12.4. The first-order valence-corrected chi connectivity index (χ1v) is 6.07. The van der Waals surface area contributed by atoms with Gasteiger partial charge in [0.25, 0.3) is 0 Å². The third-order valence-electron chi connectivity index (χ3n) is 2.92. The van der Waals surface area contributed by atoms with Crippen molar-refractivity contribution >= 4 is 16.9 Å². The molecule has 0 fully saturated rings. The normalized spacial score (nSPS) is 10.9. The molecule has 0 radical (unpaired) electrons. The van der Waals surface area contributed by atoms with E-state index >= 15 is 0 Å². The number of nitrogens with two attached hydrogens (primary N) is 1. The zero-order valence-electron chi connectivity index (χ0n) is 10.8. The maximum atomic E-state index is 11.9. The van der Waals surface area contributed by atoms with Crippen molar-refractivity contribution in [3.8, 4) is 0 Å². The highest BCUT2D eigenvalue weighted by Crippen LogP contribution is 2.13. The molecule has 0 aliphatic carbocycles. The monoisotopic (exact) mass is 271 g/mol. The molecular weight excluding hydrogens is 258 g/mol. The summed E-state index contributed by atoms with van der Waals surface area (Å²) in [5, 5.41) is 0. The summed E-state index contributed by atoms with van der Waals surface area (Å²) < 4.78 is 6.66. The summed E-state index contributed by atoms with van der Waals surface area (Å²) in [6.07, 6.45) is 0. The minimum absolute atomic E-state index is 0.228. The number of nitrogens with one attached hydrogen (secondary N) is 1. The van der Waals surface area contributed by atoms with Gasteiger partial charge < -0.3 is 9.84 Å². The molecule has 3 rings (SSSR count). The Bertz CT molecular complexity index is 821. The van der Waals surface area contributed by atoms with E-state index in [9.17, 15) is 4.79 Å². The summed E-state index contributed by atoms with van der Waals surface area (Å²) >= 11 is 0. The first-order valence-electron chi connectivity index (χ1n) is 6.07. The molecule has 0 bridgehead atoms. The van der Waals surface area contributed by atoms with Gasteiger partial charge >= 0.3 is 5.76 Å². The van der Waals surface area contributed by atoms with E-state index < -0.39 is 5.76 Å². The van der Waals surface area contributed by atoms with Crippen LogP contribution in [-0.4, -0.2) is 14.5 Å². The molecule has 0 aliphatic heterocycles. The molecule has 0 spiro atoms. The van der Waals surface area contributed by atoms with E-state index in [-0.39, 0.29) is 6.54 Å². The lowest BCUT2D eigenvalue weighted by molar-refractivity contribution is 0.513. The molecule has 7 heteroatoms. The molecule has 0 saturated carbocycles. The molecule has 3 N–H and O–H groups in total. The van der Waals surface area contributed by atoms with Gasteiger partial charge in [-0.25, -0.2) is 20.6 Å². The maximum absolute atomic E-state index is 11.9. The summed E-state index contributed by atoms with van der Waals surface area (Å²) in [5.74, 6) is 5.92. The Labute approximate surface area is 114 Å². The van der Waals surface area contributed by atoms with Gasteiger partial charge in [0, 0.05) is 11.8 Å². The van der Waals surface area contributed by atoms with Gasteiger partial charge in [0.2, 0.25) is 0 Å². The summed E-state index contributed by atoms with van der Waals surface area (Å²) in [5.41, 5.74) is 4.50. The second-order valence-electron chi connectivity index (χ2n) is 4.38. The fraction of sp³-hybridized carbons (Fsp3) is 0.154. The predicted octanol–water partition coefficient (Wildman–Crippen LogP) is 1.03. The Morgan fingerprint density at radius 2 is 2.15 bits per heavy atom. The Hall–Kier alpha value is -2.67. The second-order valence-corrected chi connectivity index (χ2v) is 4.38. The van der Waals surface area contributed by atoms with Crippen molar-refractivity contribution in [3.05, 3.63) is 52.4 Å². The molecule has 0 unspecified atom stereocenters. The highest BCUT2D eigenvalue weighted by Gasteiger charge is 2.11. The van der Waals surface area contributed by atoms with Crippen molar-refractivity contribution < 1.29 is 4.42 Å². The Morgan fingerprint density at radius 1 is 1.35 bits per heavy atom. The fourth-order valence-corrected chi connectivity index (χ4v) is 2.08. The first-order chi connectivity index (χ1) is 9.67. The number of hydrogen-bond acceptors (Lipinski definition) is 6. The highest BCUT2D eigenvalue weighted by molar-refractivity contribution is 5.72. The quantitative estimate of drug-likeness (QED) is 0.545. The number of fused-ring (bicyclic) bond motifs is 1. The predicted molar refractivity (Wildman–Crippen MR) is 74.2 cm³/mol. The molecule has 20 heavy (non-hydrogen) atoms. The van der Waals surface area contributed by atoms with Crippen molar-refractivity contribution in [1.82, 2.24) is 14.5 Å². The number of nitrogens with zero attached hydrogens (tertiary/aromatic N) is 3. The maximum Gasteiger partial charge on any atom is 0.420 e. The van der Waals surface area contributed by atoms with Crippen LogP contribution in [0.25, 0.3) is 11.1 Å². The zero-order valence-corrected chi connectivity index (χ0v) is 10.8. The van der Waals surface area contributed by atoms with Crippen molar-refractivity contribution in [3.63, 3.8) is 0 Å². The van der Waals surface area contributed by atoms with Gasteiger partial charge in [-0.1, -0.05) is 12.1 Å². The number of rotatable bonds is 3. The number of oxazole rings is 1. The lowest BCUT2D eigenvalue weighted by Crippen LogP contribution is -2.18. The van der Waals surface area contributed by atoms with Gasteiger partial charge in [-0.05, 0) is 19.1 Å². The van der Waals surface area contributed by atoms with Crippen molar-refractivity contribution in [2.45, 2.75) is 13.5 Å². The fourth-order valence-electron chi connectivity index (χ4n) is 2.08. The van der Waals surface area contributed by atoms with Gasteiger partial charge in [-0.2, -0.15) is 0 Å². The van der Waals surface area contributed by atoms with Gasteiger partial charge in [0.15, 0.2) is 11.4 Å². The summed E-state index contributed by atoms with van der Waals surface area (Å²) in [7, 11) is 0. The van der Waals surface area contributed by atoms with E-state index in [2.05, 4.69) is 15.4 Å². The van der Waals surface area contributed by atoms with Crippen LogP contribution in [0, 0.1) is 6.92 Å². The van der Waals surface area contributed by atoms with E-state index in [0.29, 0.717) is 22.7 Å². The van der Waals surface area contributed by atoms with Crippen LogP contribution in [0.4, 0.5) is 5.82 Å². The molecule has 0 amide bonds. The molecule has 102 valence electrons. The number of aromatic nitrogens is 3. The third kappa shape index (κ3) is 2.14. The second kappa shape index (κ2) is 4.78. The van der Waals surface area contributed by atoms with Crippen molar-refractivity contribution in [2.24, 2.45) is 5.84 Å².